The van der Waals surface area contributed by atoms with Gasteiger partial charge in [-0.1, -0.05) is 51.5 Å². The molecule has 0 saturated heterocycles. The molecule has 2 heteroatoms. The predicted molar refractivity (Wildman–Crippen MR) is 86.9 cm³/mol. The van der Waals surface area contributed by atoms with Crippen molar-refractivity contribution in [1.82, 2.24) is 0 Å². The summed E-state index contributed by atoms with van der Waals surface area (Å²) in [6.07, 6.45) is 3.99. The Labute approximate surface area is 128 Å². The van der Waals surface area contributed by atoms with E-state index < -0.39 is 5.60 Å². The molecule has 0 aromatic heterocycles. The van der Waals surface area contributed by atoms with Crippen LogP contribution in [0.1, 0.15) is 75.2 Å². The van der Waals surface area contributed by atoms with Gasteiger partial charge in [-0.3, -0.25) is 4.79 Å². The molecule has 1 aliphatic rings. The van der Waals surface area contributed by atoms with E-state index in [1.807, 2.05) is 19.1 Å². The van der Waals surface area contributed by atoms with Crippen LogP contribution in [0.15, 0.2) is 24.3 Å². The number of benzene rings is 1. The van der Waals surface area contributed by atoms with Crippen molar-refractivity contribution in [2.75, 3.05) is 6.61 Å². The molecule has 0 spiro atoms. The molecule has 1 aliphatic carbocycles. The summed E-state index contributed by atoms with van der Waals surface area (Å²) in [4.78, 5) is 13.0. The molecule has 1 aromatic carbocycles. The SMILES string of the molecule is CCOC1(C(=O)c2ccc(C(C)C)cc2)CCCC(C)C1. The van der Waals surface area contributed by atoms with Gasteiger partial charge in [0.25, 0.3) is 0 Å². The molecule has 0 bridgehead atoms. The summed E-state index contributed by atoms with van der Waals surface area (Å²) in [6.45, 7) is 9.14. The van der Waals surface area contributed by atoms with Gasteiger partial charge in [0.2, 0.25) is 0 Å². The Morgan fingerprint density at radius 1 is 1.33 bits per heavy atom. The highest BCUT2D eigenvalue weighted by Crippen LogP contribution is 2.37. The minimum Gasteiger partial charge on any atom is -0.367 e. The smallest absolute Gasteiger partial charge is 0.194 e. The van der Waals surface area contributed by atoms with Crippen LogP contribution in [-0.2, 0) is 4.74 Å². The van der Waals surface area contributed by atoms with Crippen LogP contribution < -0.4 is 0 Å². The van der Waals surface area contributed by atoms with Crippen molar-refractivity contribution in [3.8, 4) is 0 Å². The Morgan fingerprint density at radius 3 is 2.52 bits per heavy atom. The van der Waals surface area contributed by atoms with Gasteiger partial charge < -0.3 is 4.74 Å². The number of hydrogen-bond acceptors (Lipinski definition) is 2. The van der Waals surface area contributed by atoms with Crippen molar-refractivity contribution in [3.05, 3.63) is 35.4 Å². The Balaban J connectivity index is 2.25. The lowest BCUT2D eigenvalue weighted by molar-refractivity contribution is -0.0511. The fraction of sp³-hybridized carbons (Fsp3) is 0.632. The summed E-state index contributed by atoms with van der Waals surface area (Å²) < 4.78 is 5.99. The van der Waals surface area contributed by atoms with Crippen molar-refractivity contribution in [1.29, 1.82) is 0 Å². The van der Waals surface area contributed by atoms with Gasteiger partial charge in [-0.05, 0) is 43.6 Å². The molecule has 0 heterocycles. The van der Waals surface area contributed by atoms with Gasteiger partial charge in [0.15, 0.2) is 5.78 Å². The van der Waals surface area contributed by atoms with Crippen molar-refractivity contribution >= 4 is 5.78 Å². The van der Waals surface area contributed by atoms with E-state index in [2.05, 4.69) is 32.9 Å². The Morgan fingerprint density at radius 2 is 2.00 bits per heavy atom. The lowest BCUT2D eigenvalue weighted by Gasteiger charge is -2.38. The molecule has 0 amide bonds. The molecule has 21 heavy (non-hydrogen) atoms. The van der Waals surface area contributed by atoms with E-state index in [0.29, 0.717) is 18.4 Å². The zero-order valence-corrected chi connectivity index (χ0v) is 13.8. The minimum atomic E-state index is -0.592. The molecule has 0 radical (unpaired) electrons. The van der Waals surface area contributed by atoms with Gasteiger partial charge in [0.1, 0.15) is 5.60 Å². The first-order valence-corrected chi connectivity index (χ1v) is 8.27. The number of carbonyl (C=O) groups is 1. The topological polar surface area (TPSA) is 26.3 Å². The first-order chi connectivity index (χ1) is 9.98. The summed E-state index contributed by atoms with van der Waals surface area (Å²) in [5.41, 5.74) is 1.47. The highest BCUT2D eigenvalue weighted by Gasteiger charge is 2.42. The van der Waals surface area contributed by atoms with E-state index in [-0.39, 0.29) is 5.78 Å². The summed E-state index contributed by atoms with van der Waals surface area (Å²) in [7, 11) is 0. The molecular formula is C19H28O2. The fourth-order valence-corrected chi connectivity index (χ4v) is 3.46. The second-order valence-electron chi connectivity index (χ2n) is 6.73. The van der Waals surface area contributed by atoms with Crippen molar-refractivity contribution < 1.29 is 9.53 Å². The average Bonchev–Trinajstić information content (AvgIpc) is 2.47. The summed E-state index contributed by atoms with van der Waals surface area (Å²) in [6, 6.07) is 8.09. The summed E-state index contributed by atoms with van der Waals surface area (Å²) >= 11 is 0. The van der Waals surface area contributed by atoms with E-state index in [1.165, 1.54) is 12.0 Å². The normalized spacial score (nSPS) is 26.0. The lowest BCUT2D eigenvalue weighted by Crippen LogP contribution is -2.45. The van der Waals surface area contributed by atoms with Crippen molar-refractivity contribution in [2.45, 2.75) is 64.9 Å². The first kappa shape index (κ1) is 16.2. The number of Topliss-reactive ketones (excluding diaryl/α,β-unsaturated/α-hetero) is 1. The van der Waals surface area contributed by atoms with Gasteiger partial charge in [0, 0.05) is 12.2 Å². The molecule has 0 aliphatic heterocycles. The zero-order valence-electron chi connectivity index (χ0n) is 13.8. The first-order valence-electron chi connectivity index (χ1n) is 8.27. The minimum absolute atomic E-state index is 0.172. The van der Waals surface area contributed by atoms with E-state index in [1.54, 1.807) is 0 Å². The van der Waals surface area contributed by atoms with E-state index >= 15 is 0 Å². The third kappa shape index (κ3) is 3.55. The van der Waals surface area contributed by atoms with Crippen LogP contribution in [0.2, 0.25) is 0 Å². The highest BCUT2D eigenvalue weighted by molar-refractivity contribution is 6.02. The van der Waals surface area contributed by atoms with Crippen LogP contribution in [0.3, 0.4) is 0 Å². The van der Waals surface area contributed by atoms with Crippen LogP contribution in [0.5, 0.6) is 0 Å². The molecule has 2 nitrogen and oxygen atoms in total. The maximum Gasteiger partial charge on any atom is 0.194 e. The van der Waals surface area contributed by atoms with E-state index in [9.17, 15) is 4.79 Å². The molecule has 1 aromatic rings. The fourth-order valence-electron chi connectivity index (χ4n) is 3.46. The van der Waals surface area contributed by atoms with Gasteiger partial charge in [-0.25, -0.2) is 0 Å². The molecule has 116 valence electrons. The predicted octanol–water partition coefficient (Wildman–Crippen LogP) is 4.98. The number of carbonyl (C=O) groups excluding carboxylic acids is 1. The third-order valence-corrected chi connectivity index (χ3v) is 4.63. The van der Waals surface area contributed by atoms with Crippen molar-refractivity contribution in [2.24, 2.45) is 5.92 Å². The van der Waals surface area contributed by atoms with Gasteiger partial charge >= 0.3 is 0 Å². The Bertz CT molecular complexity index is 471. The number of rotatable bonds is 5. The lowest BCUT2D eigenvalue weighted by atomic mass is 9.74. The van der Waals surface area contributed by atoms with Crippen LogP contribution in [-0.4, -0.2) is 18.0 Å². The standard InChI is InChI=1S/C19H28O2/c1-5-21-19(12-6-7-15(4)13-19)18(20)17-10-8-16(9-11-17)14(2)3/h8-11,14-15H,5-7,12-13H2,1-4H3. The largest absolute Gasteiger partial charge is 0.367 e. The second kappa shape index (κ2) is 6.74. The highest BCUT2D eigenvalue weighted by atomic mass is 16.5. The van der Waals surface area contributed by atoms with E-state index in [0.717, 1.165) is 24.8 Å². The number of hydrogen-bond donors (Lipinski definition) is 0. The van der Waals surface area contributed by atoms with Crippen LogP contribution in [0.4, 0.5) is 0 Å². The molecular weight excluding hydrogens is 260 g/mol. The molecule has 2 unspecified atom stereocenters. The van der Waals surface area contributed by atoms with Crippen molar-refractivity contribution in [3.63, 3.8) is 0 Å². The van der Waals surface area contributed by atoms with E-state index in [4.69, 9.17) is 4.74 Å². The van der Waals surface area contributed by atoms with Crippen LogP contribution in [0.25, 0.3) is 0 Å². The Hall–Kier alpha value is -1.15. The third-order valence-electron chi connectivity index (χ3n) is 4.63. The number of ketones is 1. The Kier molecular flexibility index (Phi) is 5.21. The summed E-state index contributed by atoms with van der Waals surface area (Å²) in [5, 5.41) is 0. The van der Waals surface area contributed by atoms with Gasteiger partial charge in [0.05, 0.1) is 0 Å². The maximum absolute atomic E-state index is 13.0. The molecule has 0 N–H and O–H groups in total. The summed E-state index contributed by atoms with van der Waals surface area (Å²) in [5.74, 6) is 1.22. The maximum atomic E-state index is 13.0. The monoisotopic (exact) mass is 288 g/mol. The van der Waals surface area contributed by atoms with Crippen LogP contribution in [0, 0.1) is 5.92 Å². The average molecular weight is 288 g/mol. The molecule has 1 saturated carbocycles. The number of ether oxygens (including phenoxy) is 1. The molecule has 2 atom stereocenters. The van der Waals surface area contributed by atoms with Gasteiger partial charge in [-0.2, -0.15) is 0 Å². The molecule has 2 rings (SSSR count). The quantitative estimate of drug-likeness (QED) is 0.714. The van der Waals surface area contributed by atoms with Crippen LogP contribution >= 0.6 is 0 Å². The zero-order chi connectivity index (χ0) is 15.5. The van der Waals surface area contributed by atoms with Gasteiger partial charge in [-0.15, -0.1) is 0 Å². The second-order valence-corrected chi connectivity index (χ2v) is 6.73. The molecule has 1 fully saturated rings.